The van der Waals surface area contributed by atoms with Crippen molar-refractivity contribution in [1.29, 1.82) is 0 Å². The fraction of sp³-hybridized carbons (Fsp3) is 0.681. The van der Waals surface area contributed by atoms with Gasteiger partial charge in [0, 0.05) is 86.8 Å². The van der Waals surface area contributed by atoms with Gasteiger partial charge in [-0.25, -0.2) is 14.8 Å². The fourth-order valence-corrected chi connectivity index (χ4v) is 14.6. The normalized spacial score (nSPS) is 28.8. The summed E-state index contributed by atoms with van der Waals surface area (Å²) in [4.78, 5) is 62.0. The van der Waals surface area contributed by atoms with Gasteiger partial charge >= 0.3 is 6.09 Å². The second kappa shape index (κ2) is 17.1. The number of alkyl carbamates (subject to hydrolysis) is 1. The van der Waals surface area contributed by atoms with E-state index in [0.29, 0.717) is 26.4 Å². The van der Waals surface area contributed by atoms with Crippen LogP contribution >= 0.6 is 23.5 Å². The first-order valence-corrected chi connectivity index (χ1v) is 25.0. The molecule has 4 atom stereocenters. The van der Waals surface area contributed by atoms with Crippen LogP contribution in [0.1, 0.15) is 134 Å². The third-order valence-electron chi connectivity index (χ3n) is 15.8. The van der Waals surface area contributed by atoms with Gasteiger partial charge in [-0.2, -0.15) is 0 Å². The number of amides is 3. The Morgan fingerprint density at radius 1 is 0.710 bits per heavy atom. The first kappa shape index (κ1) is 43.7. The number of ether oxygens (including phenoxy) is 3. The molecule has 62 heavy (non-hydrogen) atoms. The standard InChI is InChI=1S/C47H65N7O6S2/c1-29(2)31(5)41(55)53-35(27-61-46(53)17-21-59-22-18-46)39-48-25-34(50-39)32-7-9-33(10-8-32)44-11-14-45(15-12-44,16-13-44)37-26-49-40(51-37)36-28-62-47(19-23-60-24-20-47)54(36)42(56)38(30(3)4)52-43(57)58-6/h7-10,25-26,29-31,35-36,38H,11-24,27-28H2,1-6H3,(H,48,50)(H,49,51)(H,52,57)/t31-,35-,36-,38-,44?,45?/m0/s1. The molecule has 2 aromatic heterocycles. The first-order valence-electron chi connectivity index (χ1n) is 23.0. The molecule has 2 spiro atoms. The molecule has 6 heterocycles. The second-order valence-electron chi connectivity index (χ2n) is 19.6. The summed E-state index contributed by atoms with van der Waals surface area (Å²) >= 11 is 3.73. The number of rotatable bonds is 10. The molecule has 3 aliphatic carbocycles. The summed E-state index contributed by atoms with van der Waals surface area (Å²) < 4.78 is 16.4. The molecule has 3 saturated carbocycles. The van der Waals surface area contributed by atoms with E-state index in [2.05, 4.69) is 65.2 Å². The van der Waals surface area contributed by atoms with Crippen LogP contribution in [-0.2, 0) is 34.6 Å². The maximum atomic E-state index is 14.5. The molecule has 1 aromatic carbocycles. The van der Waals surface area contributed by atoms with Crippen LogP contribution in [0.2, 0.25) is 0 Å². The second-order valence-corrected chi connectivity index (χ2v) is 22.3. The summed E-state index contributed by atoms with van der Waals surface area (Å²) in [5.41, 5.74) is 4.87. The van der Waals surface area contributed by atoms with Gasteiger partial charge < -0.3 is 39.3 Å². The molecule has 15 heteroatoms. The largest absolute Gasteiger partial charge is 0.453 e. The molecule has 3 aromatic rings. The topological polar surface area (TPSA) is 155 Å². The van der Waals surface area contributed by atoms with Gasteiger partial charge in [-0.3, -0.25) is 9.59 Å². The monoisotopic (exact) mass is 887 g/mol. The number of hydrogen-bond donors (Lipinski definition) is 3. The van der Waals surface area contributed by atoms with Crippen molar-refractivity contribution in [3.63, 3.8) is 0 Å². The van der Waals surface area contributed by atoms with Crippen LogP contribution < -0.4 is 5.32 Å². The summed E-state index contributed by atoms with van der Waals surface area (Å²) in [6, 6.07) is 8.12. The molecule has 4 aliphatic heterocycles. The lowest BCUT2D eigenvalue weighted by Crippen LogP contribution is -2.58. The van der Waals surface area contributed by atoms with Crippen LogP contribution in [0, 0.1) is 17.8 Å². The van der Waals surface area contributed by atoms with Gasteiger partial charge in [-0.05, 0) is 66.9 Å². The van der Waals surface area contributed by atoms with Crippen LogP contribution in [0.15, 0.2) is 36.7 Å². The minimum Gasteiger partial charge on any atom is -0.453 e. The van der Waals surface area contributed by atoms with Crippen molar-refractivity contribution >= 4 is 41.4 Å². The van der Waals surface area contributed by atoms with E-state index >= 15 is 0 Å². The number of imidazole rings is 2. The van der Waals surface area contributed by atoms with Crippen LogP contribution in [0.3, 0.4) is 0 Å². The average molecular weight is 888 g/mol. The third-order valence-corrected chi connectivity index (χ3v) is 19.0. The van der Waals surface area contributed by atoms with Gasteiger partial charge in [0.1, 0.15) is 29.8 Å². The highest BCUT2D eigenvalue weighted by atomic mass is 32.2. The minimum absolute atomic E-state index is 0.0348. The predicted octanol–water partition coefficient (Wildman–Crippen LogP) is 8.26. The van der Waals surface area contributed by atoms with Crippen molar-refractivity contribution in [2.75, 3.05) is 45.0 Å². The number of aromatic amines is 2. The predicted molar refractivity (Wildman–Crippen MR) is 241 cm³/mol. The molecule has 0 radical (unpaired) electrons. The van der Waals surface area contributed by atoms with Crippen molar-refractivity contribution in [2.24, 2.45) is 17.8 Å². The van der Waals surface area contributed by atoms with Crippen molar-refractivity contribution in [3.8, 4) is 11.3 Å². The molecule has 13 nitrogen and oxygen atoms in total. The number of methoxy groups -OCH3 is 1. The quantitative estimate of drug-likeness (QED) is 0.181. The molecule has 3 N–H and O–H groups in total. The van der Waals surface area contributed by atoms with E-state index in [9.17, 15) is 14.4 Å². The van der Waals surface area contributed by atoms with E-state index in [1.165, 1.54) is 18.4 Å². The Labute approximate surface area is 374 Å². The zero-order valence-corrected chi connectivity index (χ0v) is 38.9. The van der Waals surface area contributed by atoms with Gasteiger partial charge in [-0.15, -0.1) is 23.5 Å². The molecule has 336 valence electrons. The molecule has 2 bridgehead atoms. The average Bonchev–Trinajstić information content (AvgIpc) is 4.12. The Hall–Kier alpha value is -3.53. The summed E-state index contributed by atoms with van der Waals surface area (Å²) in [7, 11) is 1.33. The fourth-order valence-electron chi connectivity index (χ4n) is 11.4. The van der Waals surface area contributed by atoms with E-state index < -0.39 is 17.0 Å². The minimum atomic E-state index is -0.713. The number of thioether (sulfide) groups is 2. The number of benzene rings is 1. The number of carbonyl (C=O) groups excluding carboxylic acids is 3. The number of aromatic nitrogens is 4. The lowest BCUT2D eigenvalue weighted by atomic mass is 9.51. The summed E-state index contributed by atoms with van der Waals surface area (Å²) in [6.45, 7) is 12.8. The van der Waals surface area contributed by atoms with E-state index in [1.54, 1.807) is 0 Å². The van der Waals surface area contributed by atoms with E-state index in [-0.39, 0.29) is 57.4 Å². The first-order chi connectivity index (χ1) is 29.8. The lowest BCUT2D eigenvalue weighted by molar-refractivity contribution is -0.144. The molecule has 7 aliphatic rings. The smallest absolute Gasteiger partial charge is 0.407 e. The molecule has 3 amide bonds. The van der Waals surface area contributed by atoms with Crippen LogP contribution in [0.4, 0.5) is 4.79 Å². The number of hydrogen-bond acceptors (Lipinski definition) is 10. The number of nitrogens with zero attached hydrogens (tertiary/aromatic N) is 4. The molecule has 7 fully saturated rings. The Bertz CT molecular complexity index is 2080. The number of fused-ring (bicyclic) bond motifs is 3. The maximum Gasteiger partial charge on any atom is 0.407 e. The SMILES string of the molecule is COC(=O)N[C@H](C(=O)N1[C@H](c2ncc(C34CCC(c5ccc(-c6cnc([C@@H]7CSC8(CCOCC8)N7C(=O)[C@@H](C)C(C)C)[nH]6)cc5)(CC3)CC4)[nH]2)CSC12CCOCC2)C(C)C. The van der Waals surface area contributed by atoms with Crippen molar-refractivity contribution < 1.29 is 28.6 Å². The summed E-state index contributed by atoms with van der Waals surface area (Å²) in [5, 5.41) is 2.83. The van der Waals surface area contributed by atoms with E-state index in [0.717, 1.165) is 98.6 Å². The molecular weight excluding hydrogens is 823 g/mol. The van der Waals surface area contributed by atoms with Crippen LogP contribution in [-0.4, -0.2) is 108 Å². The van der Waals surface area contributed by atoms with Gasteiger partial charge in [0.15, 0.2) is 0 Å². The maximum absolute atomic E-state index is 14.5. The highest BCUT2D eigenvalue weighted by Crippen LogP contribution is 2.59. The van der Waals surface area contributed by atoms with Crippen molar-refractivity contribution in [3.05, 3.63) is 59.6 Å². The van der Waals surface area contributed by atoms with Crippen LogP contribution in [0.5, 0.6) is 0 Å². The van der Waals surface area contributed by atoms with Crippen molar-refractivity contribution in [1.82, 2.24) is 35.1 Å². The van der Waals surface area contributed by atoms with Crippen molar-refractivity contribution in [2.45, 2.75) is 138 Å². The Balaban J connectivity index is 0.891. The highest BCUT2D eigenvalue weighted by molar-refractivity contribution is 8.01. The highest BCUT2D eigenvalue weighted by Gasteiger charge is 2.56. The molecule has 0 unspecified atom stereocenters. The Kier molecular flexibility index (Phi) is 12.1. The zero-order chi connectivity index (χ0) is 43.4. The molecular formula is C47H65N7O6S2. The van der Waals surface area contributed by atoms with Gasteiger partial charge in [0.2, 0.25) is 11.8 Å². The summed E-state index contributed by atoms with van der Waals surface area (Å²) in [5.74, 6) is 3.46. The third kappa shape index (κ3) is 7.57. The van der Waals surface area contributed by atoms with E-state index in [4.69, 9.17) is 24.2 Å². The van der Waals surface area contributed by atoms with Gasteiger partial charge in [0.05, 0.1) is 28.7 Å². The lowest BCUT2D eigenvalue weighted by Gasteiger charge is -2.53. The number of H-pyrrole nitrogens is 2. The zero-order valence-electron chi connectivity index (χ0n) is 37.3. The number of carbonyl (C=O) groups is 3. The van der Waals surface area contributed by atoms with Gasteiger partial charge in [0.25, 0.3) is 0 Å². The Morgan fingerprint density at radius 3 is 1.76 bits per heavy atom. The van der Waals surface area contributed by atoms with Crippen LogP contribution in [0.25, 0.3) is 11.3 Å². The van der Waals surface area contributed by atoms with Gasteiger partial charge in [-0.1, -0.05) is 58.9 Å². The molecule has 4 saturated heterocycles. The number of nitrogens with one attached hydrogen (secondary N) is 3. The van der Waals surface area contributed by atoms with E-state index in [1.807, 2.05) is 54.7 Å². The summed E-state index contributed by atoms with van der Waals surface area (Å²) in [6.07, 6.45) is 13.1. The molecule has 10 rings (SSSR count). The Morgan fingerprint density at radius 2 is 1.23 bits per heavy atom.